The summed E-state index contributed by atoms with van der Waals surface area (Å²) in [4.78, 5) is 12.0. The summed E-state index contributed by atoms with van der Waals surface area (Å²) >= 11 is 0. The predicted octanol–water partition coefficient (Wildman–Crippen LogP) is 5.32. The second-order valence-electron chi connectivity index (χ2n) is 7.50. The highest BCUT2D eigenvalue weighted by molar-refractivity contribution is 6.17. The molecule has 0 saturated carbocycles. The van der Waals surface area contributed by atoms with E-state index in [0.29, 0.717) is 18.7 Å². The van der Waals surface area contributed by atoms with Crippen LogP contribution in [0.15, 0.2) is 91.0 Å². The zero-order valence-electron chi connectivity index (χ0n) is 16.9. The van der Waals surface area contributed by atoms with Gasteiger partial charge in [0.2, 0.25) is 5.91 Å². The minimum absolute atomic E-state index is 0.429. The maximum Gasteiger partial charge on any atom is 0.249 e. The smallest absolute Gasteiger partial charge is 0.249 e. The molecule has 4 heteroatoms. The molecule has 0 aliphatic heterocycles. The lowest BCUT2D eigenvalue weighted by molar-refractivity contribution is 0.100. The van der Waals surface area contributed by atoms with Gasteiger partial charge in [-0.15, -0.1) is 0 Å². The highest BCUT2D eigenvalue weighted by Crippen LogP contribution is 2.32. The molecule has 4 nitrogen and oxygen atoms in total. The van der Waals surface area contributed by atoms with E-state index in [0.717, 1.165) is 38.7 Å². The fourth-order valence-electron chi connectivity index (χ4n) is 4.00. The van der Waals surface area contributed by atoms with E-state index in [1.165, 1.54) is 0 Å². The fraction of sp³-hybridized carbons (Fsp3) is 0.0741. The number of nitrogens with zero attached hydrogens (tertiary/aromatic N) is 1. The van der Waals surface area contributed by atoms with E-state index in [4.69, 9.17) is 10.5 Å². The first-order valence-corrected chi connectivity index (χ1v) is 10.2. The molecule has 0 bridgehead atoms. The first-order chi connectivity index (χ1) is 15.2. The van der Waals surface area contributed by atoms with E-state index in [-0.39, 0.29) is 0 Å². The standard InChI is InChI=1S/C27H21N2O2/c28-27(30)23-10-6-12-25-26(23)22-9-4-5-11-24(22)29(25)17-19-13-15-21(16-14-19)31-18-20-7-2-1-3-8-20/h1-8,10-16H,17-18H2,(H2,28,30). The highest BCUT2D eigenvalue weighted by atomic mass is 16.5. The van der Waals surface area contributed by atoms with Crippen LogP contribution >= 0.6 is 0 Å². The van der Waals surface area contributed by atoms with Crippen LogP contribution < -0.4 is 10.5 Å². The van der Waals surface area contributed by atoms with Gasteiger partial charge in [0.05, 0.1) is 11.0 Å². The summed E-state index contributed by atoms with van der Waals surface area (Å²) in [6.07, 6.45) is 0. The van der Waals surface area contributed by atoms with Gasteiger partial charge in [0.15, 0.2) is 0 Å². The minimum Gasteiger partial charge on any atom is -0.489 e. The lowest BCUT2D eigenvalue weighted by Crippen LogP contribution is -2.11. The van der Waals surface area contributed by atoms with E-state index in [1.807, 2.05) is 72.8 Å². The molecule has 0 fully saturated rings. The number of carbonyl (C=O) groups excluding carboxylic acids is 1. The third kappa shape index (κ3) is 3.64. The average Bonchev–Trinajstić information content (AvgIpc) is 3.13. The lowest BCUT2D eigenvalue weighted by Gasteiger charge is -2.10. The Hall–Kier alpha value is -4.05. The van der Waals surface area contributed by atoms with Crippen LogP contribution in [0, 0.1) is 6.07 Å². The topological polar surface area (TPSA) is 57.2 Å². The molecule has 5 rings (SSSR count). The molecule has 31 heavy (non-hydrogen) atoms. The average molecular weight is 405 g/mol. The molecule has 0 unspecified atom stereocenters. The molecular weight excluding hydrogens is 384 g/mol. The van der Waals surface area contributed by atoms with Gasteiger partial charge in [0, 0.05) is 22.9 Å². The van der Waals surface area contributed by atoms with Crippen molar-refractivity contribution in [3.05, 3.63) is 114 Å². The van der Waals surface area contributed by atoms with Gasteiger partial charge in [0.1, 0.15) is 12.4 Å². The van der Waals surface area contributed by atoms with Gasteiger partial charge in [-0.3, -0.25) is 4.79 Å². The van der Waals surface area contributed by atoms with Crippen LogP contribution in [0.4, 0.5) is 0 Å². The number of benzene rings is 4. The first-order valence-electron chi connectivity index (χ1n) is 10.2. The van der Waals surface area contributed by atoms with Gasteiger partial charge in [0.25, 0.3) is 0 Å². The number of carbonyl (C=O) groups is 1. The van der Waals surface area contributed by atoms with Crippen LogP contribution in [0.1, 0.15) is 21.5 Å². The molecule has 1 aromatic heterocycles. The molecule has 0 atom stereocenters. The summed E-state index contributed by atoms with van der Waals surface area (Å²) in [5.74, 6) is 0.404. The van der Waals surface area contributed by atoms with Crippen molar-refractivity contribution in [3.63, 3.8) is 0 Å². The van der Waals surface area contributed by atoms with Crippen molar-refractivity contribution in [1.29, 1.82) is 0 Å². The Morgan fingerprint density at radius 1 is 0.839 bits per heavy atom. The molecule has 1 radical (unpaired) electrons. The molecule has 4 aromatic carbocycles. The molecule has 0 saturated heterocycles. The Bertz CT molecular complexity index is 1370. The Morgan fingerprint density at radius 2 is 1.61 bits per heavy atom. The van der Waals surface area contributed by atoms with E-state index in [2.05, 4.69) is 22.8 Å². The number of ether oxygens (including phenoxy) is 1. The largest absolute Gasteiger partial charge is 0.489 e. The Kier molecular flexibility index (Phi) is 4.89. The molecule has 0 aliphatic carbocycles. The van der Waals surface area contributed by atoms with Gasteiger partial charge in [-0.25, -0.2) is 0 Å². The Balaban J connectivity index is 1.46. The number of amides is 1. The Labute approximate surface area is 180 Å². The summed E-state index contributed by atoms with van der Waals surface area (Å²) in [6.45, 7) is 1.21. The van der Waals surface area contributed by atoms with Gasteiger partial charge in [-0.05, 0) is 47.5 Å². The van der Waals surface area contributed by atoms with Crippen LogP contribution in [0.25, 0.3) is 21.8 Å². The van der Waals surface area contributed by atoms with E-state index in [9.17, 15) is 4.79 Å². The molecule has 1 amide bonds. The third-order valence-corrected chi connectivity index (χ3v) is 5.49. The van der Waals surface area contributed by atoms with Crippen molar-refractivity contribution >= 4 is 27.7 Å². The number of aromatic nitrogens is 1. The summed E-state index contributed by atoms with van der Waals surface area (Å²) < 4.78 is 8.10. The normalized spacial score (nSPS) is 11.1. The van der Waals surface area contributed by atoms with Crippen LogP contribution in [-0.4, -0.2) is 10.5 Å². The molecule has 151 valence electrons. The number of hydrogen-bond acceptors (Lipinski definition) is 2. The maximum absolute atomic E-state index is 12.0. The van der Waals surface area contributed by atoms with Crippen LogP contribution in [0.3, 0.4) is 0 Å². The van der Waals surface area contributed by atoms with Crippen molar-refractivity contribution in [3.8, 4) is 5.75 Å². The SMILES string of the molecule is NC(=O)c1cccc2c1c1[c]cccc1n2Cc1ccc(OCc2ccccc2)cc1. The lowest BCUT2D eigenvalue weighted by atomic mass is 10.1. The zero-order valence-corrected chi connectivity index (χ0v) is 16.9. The van der Waals surface area contributed by atoms with Crippen molar-refractivity contribution in [2.45, 2.75) is 13.2 Å². The predicted molar refractivity (Wildman–Crippen MR) is 123 cm³/mol. The van der Waals surface area contributed by atoms with E-state index < -0.39 is 5.91 Å². The van der Waals surface area contributed by atoms with Crippen molar-refractivity contribution < 1.29 is 9.53 Å². The van der Waals surface area contributed by atoms with Gasteiger partial charge < -0.3 is 15.0 Å². The number of rotatable bonds is 6. The summed E-state index contributed by atoms with van der Waals surface area (Å²) in [7, 11) is 0. The third-order valence-electron chi connectivity index (χ3n) is 5.49. The summed E-state index contributed by atoms with van der Waals surface area (Å²) in [5, 5.41) is 1.77. The van der Waals surface area contributed by atoms with Crippen molar-refractivity contribution in [2.75, 3.05) is 0 Å². The van der Waals surface area contributed by atoms with E-state index >= 15 is 0 Å². The monoisotopic (exact) mass is 405 g/mol. The molecule has 0 spiro atoms. The molecule has 5 aromatic rings. The van der Waals surface area contributed by atoms with Crippen molar-refractivity contribution in [2.24, 2.45) is 5.73 Å². The van der Waals surface area contributed by atoms with Crippen LogP contribution in [-0.2, 0) is 13.2 Å². The first kappa shape index (κ1) is 18.9. The van der Waals surface area contributed by atoms with Crippen molar-refractivity contribution in [1.82, 2.24) is 4.57 Å². The van der Waals surface area contributed by atoms with Gasteiger partial charge in [-0.1, -0.05) is 60.7 Å². The second-order valence-corrected chi connectivity index (χ2v) is 7.50. The van der Waals surface area contributed by atoms with Gasteiger partial charge >= 0.3 is 0 Å². The van der Waals surface area contributed by atoms with Gasteiger partial charge in [-0.2, -0.15) is 0 Å². The number of fused-ring (bicyclic) bond motifs is 3. The highest BCUT2D eigenvalue weighted by Gasteiger charge is 2.16. The fourth-order valence-corrected chi connectivity index (χ4v) is 4.00. The molecule has 0 aliphatic rings. The molecule has 2 N–H and O–H groups in total. The van der Waals surface area contributed by atoms with E-state index in [1.54, 1.807) is 6.07 Å². The summed E-state index contributed by atoms with van der Waals surface area (Å²) in [6, 6.07) is 33.1. The minimum atomic E-state index is -0.429. The summed E-state index contributed by atoms with van der Waals surface area (Å²) in [5.41, 5.74) is 10.4. The molecular formula is C27H21N2O2. The number of hydrogen-bond donors (Lipinski definition) is 1. The second kappa shape index (κ2) is 8.00. The molecule has 1 heterocycles. The maximum atomic E-state index is 12.0. The number of primary amides is 1. The number of nitrogens with two attached hydrogens (primary N) is 1. The Morgan fingerprint density at radius 3 is 2.39 bits per heavy atom. The quantitative estimate of drug-likeness (QED) is 0.416. The van der Waals surface area contributed by atoms with Crippen LogP contribution in [0.5, 0.6) is 5.75 Å². The van der Waals surface area contributed by atoms with Crippen LogP contribution in [0.2, 0.25) is 0 Å². The zero-order chi connectivity index (χ0) is 21.2.